The zero-order chi connectivity index (χ0) is 19.2. The van der Waals surface area contributed by atoms with Crippen LogP contribution < -0.4 is 16.0 Å². The average Bonchev–Trinajstić information content (AvgIpc) is 3.06. The summed E-state index contributed by atoms with van der Waals surface area (Å²) < 4.78 is 18.5. The van der Waals surface area contributed by atoms with Crippen LogP contribution in [0.25, 0.3) is 0 Å². The summed E-state index contributed by atoms with van der Waals surface area (Å²) in [6, 6.07) is 5.56. The molecule has 2 aromatic rings. The largest absolute Gasteiger partial charge is 0.443 e. The molecule has 2 rings (SSSR count). The summed E-state index contributed by atoms with van der Waals surface area (Å²) in [5.74, 6) is 1.15. The number of amides is 1. The van der Waals surface area contributed by atoms with Crippen molar-refractivity contribution in [1.29, 1.82) is 0 Å². The van der Waals surface area contributed by atoms with Crippen molar-refractivity contribution in [3.8, 4) is 0 Å². The molecular formula is C18H24FN5O2. The SMILES string of the molecule is CN=C(NCC(=O)Nc1ccc(F)cc1)NCc1ncc(C(C)(C)C)o1. The van der Waals surface area contributed by atoms with E-state index in [-0.39, 0.29) is 23.7 Å². The number of anilines is 1. The van der Waals surface area contributed by atoms with Crippen molar-refractivity contribution in [2.24, 2.45) is 4.99 Å². The van der Waals surface area contributed by atoms with E-state index in [1.54, 1.807) is 13.2 Å². The molecule has 0 fully saturated rings. The van der Waals surface area contributed by atoms with E-state index in [0.717, 1.165) is 5.76 Å². The minimum atomic E-state index is -0.355. The highest BCUT2D eigenvalue weighted by Gasteiger charge is 2.19. The number of halogens is 1. The number of guanidine groups is 1. The molecule has 0 atom stereocenters. The summed E-state index contributed by atoms with van der Waals surface area (Å²) in [6.45, 7) is 6.49. The summed E-state index contributed by atoms with van der Waals surface area (Å²) >= 11 is 0. The zero-order valence-corrected chi connectivity index (χ0v) is 15.4. The van der Waals surface area contributed by atoms with Gasteiger partial charge in [-0.15, -0.1) is 0 Å². The number of carbonyl (C=O) groups is 1. The predicted molar refractivity (Wildman–Crippen MR) is 98.4 cm³/mol. The monoisotopic (exact) mass is 361 g/mol. The van der Waals surface area contributed by atoms with Crippen LogP contribution in [0.15, 0.2) is 39.9 Å². The van der Waals surface area contributed by atoms with Crippen LogP contribution in [0.3, 0.4) is 0 Å². The Balaban J connectivity index is 1.79. The fraction of sp³-hybridized carbons (Fsp3) is 0.389. The topological polar surface area (TPSA) is 91.5 Å². The molecule has 1 heterocycles. The van der Waals surface area contributed by atoms with Gasteiger partial charge in [-0.05, 0) is 24.3 Å². The first-order chi connectivity index (χ1) is 12.3. The Bertz CT molecular complexity index is 763. The maximum atomic E-state index is 12.9. The average molecular weight is 361 g/mol. The van der Waals surface area contributed by atoms with E-state index in [1.807, 2.05) is 20.8 Å². The summed E-state index contributed by atoms with van der Waals surface area (Å²) in [4.78, 5) is 20.2. The van der Waals surface area contributed by atoms with E-state index in [9.17, 15) is 9.18 Å². The van der Waals surface area contributed by atoms with Gasteiger partial charge in [0.25, 0.3) is 0 Å². The zero-order valence-electron chi connectivity index (χ0n) is 15.4. The number of nitrogens with zero attached hydrogens (tertiary/aromatic N) is 2. The third-order valence-corrected chi connectivity index (χ3v) is 3.47. The minimum Gasteiger partial charge on any atom is -0.443 e. The van der Waals surface area contributed by atoms with Crippen molar-refractivity contribution in [3.05, 3.63) is 47.9 Å². The maximum absolute atomic E-state index is 12.9. The quantitative estimate of drug-likeness (QED) is 0.562. The molecule has 3 N–H and O–H groups in total. The van der Waals surface area contributed by atoms with Crippen molar-refractivity contribution >= 4 is 17.6 Å². The molecule has 0 unspecified atom stereocenters. The first-order valence-corrected chi connectivity index (χ1v) is 8.23. The van der Waals surface area contributed by atoms with E-state index in [4.69, 9.17) is 4.42 Å². The van der Waals surface area contributed by atoms with Crippen LogP contribution in [0.1, 0.15) is 32.4 Å². The van der Waals surface area contributed by atoms with Crippen LogP contribution in [-0.2, 0) is 16.8 Å². The van der Waals surface area contributed by atoms with Crippen LogP contribution >= 0.6 is 0 Å². The van der Waals surface area contributed by atoms with Gasteiger partial charge in [0.2, 0.25) is 11.8 Å². The van der Waals surface area contributed by atoms with Crippen LogP contribution in [0.4, 0.5) is 10.1 Å². The molecular weight excluding hydrogens is 337 g/mol. The molecule has 1 aromatic heterocycles. The van der Waals surface area contributed by atoms with E-state index in [2.05, 4.69) is 25.9 Å². The molecule has 7 nitrogen and oxygen atoms in total. The highest BCUT2D eigenvalue weighted by atomic mass is 19.1. The van der Waals surface area contributed by atoms with Gasteiger partial charge >= 0.3 is 0 Å². The van der Waals surface area contributed by atoms with E-state index in [1.165, 1.54) is 24.3 Å². The second-order valence-corrected chi connectivity index (χ2v) is 6.70. The molecule has 0 aliphatic heterocycles. The lowest BCUT2D eigenvalue weighted by Crippen LogP contribution is -2.41. The molecule has 0 spiro atoms. The first kappa shape index (κ1) is 19.4. The van der Waals surface area contributed by atoms with Gasteiger partial charge in [0.05, 0.1) is 19.3 Å². The fourth-order valence-electron chi connectivity index (χ4n) is 2.02. The van der Waals surface area contributed by atoms with E-state index in [0.29, 0.717) is 24.1 Å². The van der Waals surface area contributed by atoms with Gasteiger partial charge in [-0.2, -0.15) is 0 Å². The Morgan fingerprint density at radius 2 is 1.92 bits per heavy atom. The molecule has 1 aromatic carbocycles. The second kappa shape index (κ2) is 8.46. The van der Waals surface area contributed by atoms with Gasteiger partial charge in [-0.1, -0.05) is 20.8 Å². The van der Waals surface area contributed by atoms with Crippen molar-refractivity contribution in [2.45, 2.75) is 32.7 Å². The molecule has 0 saturated carbocycles. The first-order valence-electron chi connectivity index (χ1n) is 8.23. The lowest BCUT2D eigenvalue weighted by atomic mass is 9.94. The number of oxazole rings is 1. The minimum absolute atomic E-state index is 0.00980. The standard InChI is InChI=1S/C18H24FN5O2/c1-18(2,3)14-9-21-16(26-14)11-23-17(20-4)22-10-15(25)24-13-7-5-12(19)6-8-13/h5-9H,10-11H2,1-4H3,(H,24,25)(H2,20,22,23). The number of rotatable bonds is 5. The molecule has 1 amide bonds. The molecule has 0 radical (unpaired) electrons. The number of aromatic nitrogens is 1. The Morgan fingerprint density at radius 1 is 1.23 bits per heavy atom. The highest BCUT2D eigenvalue weighted by Crippen LogP contribution is 2.22. The summed E-state index contributed by atoms with van der Waals surface area (Å²) in [5, 5.41) is 8.58. The lowest BCUT2D eigenvalue weighted by Gasteiger charge is -2.13. The number of carbonyl (C=O) groups excluding carboxylic acids is 1. The van der Waals surface area contributed by atoms with Gasteiger partial charge in [0.1, 0.15) is 11.6 Å². The fourth-order valence-corrected chi connectivity index (χ4v) is 2.02. The Hall–Kier alpha value is -2.90. The van der Waals surface area contributed by atoms with Crippen molar-refractivity contribution in [2.75, 3.05) is 18.9 Å². The Morgan fingerprint density at radius 3 is 2.50 bits per heavy atom. The molecule has 0 aliphatic rings. The Kier molecular flexibility index (Phi) is 6.32. The summed E-state index contributed by atoms with van der Waals surface area (Å²) in [6.07, 6.45) is 1.71. The third-order valence-electron chi connectivity index (χ3n) is 3.47. The second-order valence-electron chi connectivity index (χ2n) is 6.70. The molecule has 140 valence electrons. The van der Waals surface area contributed by atoms with Gasteiger partial charge in [-0.25, -0.2) is 9.37 Å². The predicted octanol–water partition coefficient (Wildman–Crippen LogP) is 2.41. The Labute approximate surface area is 152 Å². The highest BCUT2D eigenvalue weighted by molar-refractivity contribution is 5.94. The number of aliphatic imine (C=N–C) groups is 1. The number of hydrogen-bond donors (Lipinski definition) is 3. The molecule has 26 heavy (non-hydrogen) atoms. The number of nitrogens with one attached hydrogen (secondary N) is 3. The summed E-state index contributed by atoms with van der Waals surface area (Å²) in [7, 11) is 1.60. The number of hydrogen-bond acceptors (Lipinski definition) is 4. The van der Waals surface area contributed by atoms with Gasteiger partial charge in [0.15, 0.2) is 5.96 Å². The third kappa shape index (κ3) is 5.87. The smallest absolute Gasteiger partial charge is 0.243 e. The van der Waals surface area contributed by atoms with Gasteiger partial charge < -0.3 is 20.4 Å². The van der Waals surface area contributed by atoms with Crippen LogP contribution in [0.2, 0.25) is 0 Å². The van der Waals surface area contributed by atoms with Crippen LogP contribution in [0, 0.1) is 5.82 Å². The maximum Gasteiger partial charge on any atom is 0.243 e. The van der Waals surface area contributed by atoms with Crippen molar-refractivity contribution < 1.29 is 13.6 Å². The van der Waals surface area contributed by atoms with E-state index >= 15 is 0 Å². The molecule has 8 heteroatoms. The normalized spacial score (nSPS) is 12.0. The molecule has 0 aliphatic carbocycles. The molecule has 0 saturated heterocycles. The van der Waals surface area contributed by atoms with E-state index < -0.39 is 0 Å². The summed E-state index contributed by atoms with van der Waals surface area (Å²) in [5.41, 5.74) is 0.416. The van der Waals surface area contributed by atoms with Crippen LogP contribution in [0.5, 0.6) is 0 Å². The van der Waals surface area contributed by atoms with Gasteiger partial charge in [-0.3, -0.25) is 9.79 Å². The molecule has 0 bridgehead atoms. The lowest BCUT2D eigenvalue weighted by molar-refractivity contribution is -0.115. The van der Waals surface area contributed by atoms with Crippen LogP contribution in [-0.4, -0.2) is 30.4 Å². The van der Waals surface area contributed by atoms with Gasteiger partial charge in [0, 0.05) is 18.2 Å². The van der Waals surface area contributed by atoms with Crippen molar-refractivity contribution in [3.63, 3.8) is 0 Å². The van der Waals surface area contributed by atoms with Crippen molar-refractivity contribution in [1.82, 2.24) is 15.6 Å². The number of benzene rings is 1.